The van der Waals surface area contributed by atoms with Gasteiger partial charge in [-0.15, -0.1) is 0 Å². The van der Waals surface area contributed by atoms with E-state index in [9.17, 15) is 9.18 Å². The van der Waals surface area contributed by atoms with Gasteiger partial charge in [-0.3, -0.25) is 0 Å². The van der Waals surface area contributed by atoms with E-state index in [0.29, 0.717) is 18.4 Å². The molecular weight excluding hydrogens is 245 g/mol. The summed E-state index contributed by atoms with van der Waals surface area (Å²) in [5, 5.41) is 0.269. The van der Waals surface area contributed by atoms with Gasteiger partial charge in [0.25, 0.3) is 0 Å². The molecule has 0 amide bonds. The van der Waals surface area contributed by atoms with Crippen LogP contribution >= 0.6 is 11.6 Å². The molecule has 0 saturated heterocycles. The molecule has 0 radical (unpaired) electrons. The highest BCUT2D eigenvalue weighted by Gasteiger charge is 2.42. The molecule has 3 nitrogen and oxygen atoms in total. The maximum absolute atomic E-state index is 13.7. The Morgan fingerprint density at radius 2 is 2.24 bits per heavy atom. The zero-order valence-corrected chi connectivity index (χ0v) is 10.1. The average molecular weight is 256 g/mol. The van der Waals surface area contributed by atoms with E-state index in [1.807, 2.05) is 0 Å². The second-order valence-electron chi connectivity index (χ2n) is 4.06. The fourth-order valence-electron chi connectivity index (χ4n) is 2.15. The van der Waals surface area contributed by atoms with E-state index in [1.54, 1.807) is 12.1 Å². The van der Waals surface area contributed by atoms with Crippen molar-refractivity contribution in [3.8, 4) is 5.75 Å². The van der Waals surface area contributed by atoms with Crippen molar-refractivity contribution >= 4 is 17.7 Å². The highest BCUT2D eigenvalue weighted by Crippen LogP contribution is 2.49. The number of rotatable bonds is 3. The van der Waals surface area contributed by atoms with Crippen LogP contribution < -0.4 is 4.74 Å². The normalized spacial score (nSPS) is 16.9. The van der Waals surface area contributed by atoms with Crippen LogP contribution in [0.5, 0.6) is 5.75 Å². The molecule has 1 fully saturated rings. The molecular formula is C12H11ClFNO2. The minimum atomic E-state index is -0.709. The monoisotopic (exact) mass is 255 g/mol. The molecule has 0 heterocycles. The van der Waals surface area contributed by atoms with Gasteiger partial charge in [-0.2, -0.15) is 4.99 Å². The van der Waals surface area contributed by atoms with Crippen LogP contribution in [0.15, 0.2) is 17.1 Å². The van der Waals surface area contributed by atoms with Crippen LogP contribution in [0, 0.1) is 5.82 Å². The first-order valence-corrected chi connectivity index (χ1v) is 5.63. The molecule has 0 bridgehead atoms. The maximum atomic E-state index is 13.7. The zero-order chi connectivity index (χ0) is 12.5. The van der Waals surface area contributed by atoms with Crippen molar-refractivity contribution in [2.24, 2.45) is 4.99 Å². The number of aliphatic imine (C=N–C) groups is 1. The molecule has 1 aromatic carbocycles. The van der Waals surface area contributed by atoms with E-state index >= 15 is 0 Å². The van der Waals surface area contributed by atoms with Crippen LogP contribution in [-0.4, -0.2) is 13.2 Å². The molecule has 0 aromatic heterocycles. The van der Waals surface area contributed by atoms with E-state index in [2.05, 4.69) is 4.99 Å². The van der Waals surface area contributed by atoms with Gasteiger partial charge < -0.3 is 4.74 Å². The number of hydrogen-bond acceptors (Lipinski definition) is 3. The lowest BCUT2D eigenvalue weighted by atomic mass is 9.72. The second-order valence-corrected chi connectivity index (χ2v) is 4.49. The number of ether oxygens (including phenoxy) is 1. The summed E-state index contributed by atoms with van der Waals surface area (Å²) >= 11 is 5.83. The summed E-state index contributed by atoms with van der Waals surface area (Å²) in [6.07, 6.45) is 3.84. The third-order valence-corrected chi connectivity index (χ3v) is 3.37. The number of isocyanates is 1. The van der Waals surface area contributed by atoms with Gasteiger partial charge >= 0.3 is 0 Å². The van der Waals surface area contributed by atoms with E-state index < -0.39 is 11.4 Å². The second kappa shape index (κ2) is 4.47. The maximum Gasteiger partial charge on any atom is 0.235 e. The van der Waals surface area contributed by atoms with Crippen LogP contribution in [0.3, 0.4) is 0 Å². The molecule has 90 valence electrons. The smallest absolute Gasteiger partial charge is 0.235 e. The van der Waals surface area contributed by atoms with Crippen LogP contribution in [0.25, 0.3) is 0 Å². The standard InChI is InChI=1S/C12H11ClFNO2/c1-17-11-9(5-8(13)6-10(11)14)12(15-7-16)3-2-4-12/h5-6H,2-4H2,1H3. The molecule has 1 aromatic rings. The number of nitrogens with zero attached hydrogens (tertiary/aromatic N) is 1. The number of halogens is 2. The van der Waals surface area contributed by atoms with Crippen molar-refractivity contribution in [2.45, 2.75) is 24.8 Å². The average Bonchev–Trinajstić information content (AvgIpc) is 2.22. The summed E-state index contributed by atoms with van der Waals surface area (Å²) in [6, 6.07) is 2.78. The molecule has 0 spiro atoms. The summed E-state index contributed by atoms with van der Waals surface area (Å²) in [5.41, 5.74) is -0.182. The van der Waals surface area contributed by atoms with E-state index in [-0.39, 0.29) is 10.8 Å². The minimum absolute atomic E-state index is 0.105. The lowest BCUT2D eigenvalue weighted by Crippen LogP contribution is -2.32. The molecule has 5 heteroatoms. The molecule has 0 atom stereocenters. The molecule has 1 aliphatic carbocycles. The number of methoxy groups -OCH3 is 1. The van der Waals surface area contributed by atoms with Gasteiger partial charge in [-0.05, 0) is 31.4 Å². The van der Waals surface area contributed by atoms with Crippen LogP contribution in [0.1, 0.15) is 24.8 Å². The Bertz CT molecular complexity index is 494. The summed E-state index contributed by atoms with van der Waals surface area (Å²) in [7, 11) is 1.38. The van der Waals surface area contributed by atoms with Crippen molar-refractivity contribution in [3.63, 3.8) is 0 Å². The SMILES string of the molecule is COc1c(F)cc(Cl)cc1C1(N=C=O)CCC1. The molecule has 0 aliphatic heterocycles. The Morgan fingerprint density at radius 1 is 1.53 bits per heavy atom. The Balaban J connectivity index is 2.60. The highest BCUT2D eigenvalue weighted by molar-refractivity contribution is 6.30. The van der Waals surface area contributed by atoms with Crippen molar-refractivity contribution in [3.05, 3.63) is 28.5 Å². The highest BCUT2D eigenvalue weighted by atomic mass is 35.5. The van der Waals surface area contributed by atoms with Gasteiger partial charge in [0.1, 0.15) is 5.54 Å². The quantitative estimate of drug-likeness (QED) is 0.615. The summed E-state index contributed by atoms with van der Waals surface area (Å²) in [5.74, 6) is -0.435. The minimum Gasteiger partial charge on any atom is -0.493 e. The number of carbonyl (C=O) groups excluding carboxylic acids is 1. The first-order chi connectivity index (χ1) is 8.13. The van der Waals surface area contributed by atoms with Gasteiger partial charge in [0, 0.05) is 10.6 Å². The summed E-state index contributed by atoms with van der Waals surface area (Å²) in [6.45, 7) is 0. The summed E-state index contributed by atoms with van der Waals surface area (Å²) < 4.78 is 18.7. The van der Waals surface area contributed by atoms with Crippen molar-refractivity contribution in [1.29, 1.82) is 0 Å². The largest absolute Gasteiger partial charge is 0.493 e. The van der Waals surface area contributed by atoms with E-state index in [4.69, 9.17) is 16.3 Å². The third-order valence-electron chi connectivity index (χ3n) is 3.15. The molecule has 1 saturated carbocycles. The Labute approximate surface area is 103 Å². The van der Waals surface area contributed by atoms with Gasteiger partial charge in [0.05, 0.1) is 7.11 Å². The van der Waals surface area contributed by atoms with Gasteiger partial charge in [0.2, 0.25) is 6.08 Å². The lowest BCUT2D eigenvalue weighted by Gasteiger charge is -2.37. The first kappa shape index (κ1) is 12.1. The van der Waals surface area contributed by atoms with E-state index in [1.165, 1.54) is 13.2 Å². The Hall–Kier alpha value is -1.38. The fraction of sp³-hybridized carbons (Fsp3) is 0.417. The molecule has 0 unspecified atom stereocenters. The van der Waals surface area contributed by atoms with Gasteiger partial charge in [0.15, 0.2) is 11.6 Å². The van der Waals surface area contributed by atoms with Crippen LogP contribution in [-0.2, 0) is 10.3 Å². The predicted octanol–water partition coefficient (Wildman–Crippen LogP) is 3.20. The van der Waals surface area contributed by atoms with Gasteiger partial charge in [-0.25, -0.2) is 9.18 Å². The van der Waals surface area contributed by atoms with Crippen LogP contribution in [0.2, 0.25) is 5.02 Å². The number of hydrogen-bond donors (Lipinski definition) is 0. The third kappa shape index (κ3) is 1.94. The van der Waals surface area contributed by atoms with Gasteiger partial charge in [-0.1, -0.05) is 11.6 Å². The lowest BCUT2D eigenvalue weighted by molar-refractivity contribution is 0.243. The predicted molar refractivity (Wildman–Crippen MR) is 61.6 cm³/mol. The molecule has 17 heavy (non-hydrogen) atoms. The fourth-order valence-corrected chi connectivity index (χ4v) is 2.36. The summed E-state index contributed by atoms with van der Waals surface area (Å²) in [4.78, 5) is 14.3. The first-order valence-electron chi connectivity index (χ1n) is 5.25. The molecule has 0 N–H and O–H groups in total. The number of benzene rings is 1. The zero-order valence-electron chi connectivity index (χ0n) is 9.30. The van der Waals surface area contributed by atoms with Crippen molar-refractivity contribution in [1.82, 2.24) is 0 Å². The topological polar surface area (TPSA) is 38.7 Å². The van der Waals surface area contributed by atoms with E-state index in [0.717, 1.165) is 6.42 Å². The van der Waals surface area contributed by atoms with Crippen molar-refractivity contribution in [2.75, 3.05) is 7.11 Å². The van der Waals surface area contributed by atoms with Crippen LogP contribution in [0.4, 0.5) is 4.39 Å². The Kier molecular flexibility index (Phi) is 3.18. The molecule has 1 aliphatic rings. The van der Waals surface area contributed by atoms with Crippen molar-refractivity contribution < 1.29 is 13.9 Å². The molecule has 2 rings (SSSR count). The Morgan fingerprint density at radius 3 is 2.71 bits per heavy atom.